The Labute approximate surface area is 110 Å². The van der Waals surface area contributed by atoms with Crippen LogP contribution in [-0.4, -0.2) is 25.1 Å². The third-order valence-electron chi connectivity index (χ3n) is 2.26. The molecule has 0 amide bonds. The van der Waals surface area contributed by atoms with Crippen LogP contribution in [0.15, 0.2) is 42.2 Å². The van der Waals surface area contributed by atoms with Gasteiger partial charge in [0.05, 0.1) is 24.7 Å². The van der Waals surface area contributed by atoms with Gasteiger partial charge in [-0.05, 0) is 18.2 Å². The number of ether oxygens (including phenoxy) is 2. The van der Waals surface area contributed by atoms with Gasteiger partial charge in [-0.1, -0.05) is 18.2 Å². The number of rotatable bonds is 5. The van der Waals surface area contributed by atoms with Gasteiger partial charge in [-0.25, -0.2) is 4.79 Å². The fourth-order valence-corrected chi connectivity index (χ4v) is 1.35. The summed E-state index contributed by atoms with van der Waals surface area (Å²) < 4.78 is 9.31. The molecule has 0 heterocycles. The van der Waals surface area contributed by atoms with Gasteiger partial charge in [-0.15, -0.1) is 0 Å². The fourth-order valence-electron chi connectivity index (χ4n) is 1.35. The maximum absolute atomic E-state index is 11.2. The molecule has 6 heteroatoms. The molecule has 1 aromatic carbocycles. The number of esters is 1. The highest BCUT2D eigenvalue weighted by atomic mass is 16.6. The van der Waals surface area contributed by atoms with Gasteiger partial charge in [0.15, 0.2) is 0 Å². The number of hydrogen-bond donors (Lipinski definition) is 0. The van der Waals surface area contributed by atoms with Gasteiger partial charge in [-0.2, -0.15) is 0 Å². The van der Waals surface area contributed by atoms with Crippen molar-refractivity contribution in [1.82, 2.24) is 0 Å². The summed E-state index contributed by atoms with van der Waals surface area (Å²) in [6.45, 7) is 0. The van der Waals surface area contributed by atoms with Crippen LogP contribution < -0.4 is 0 Å². The number of allylic oxidation sites excluding steroid dienone is 2. The smallest absolute Gasteiger partial charge is 0.373 e. The van der Waals surface area contributed by atoms with E-state index >= 15 is 0 Å². The summed E-state index contributed by atoms with van der Waals surface area (Å²) in [5.74, 6) is -0.605. The zero-order valence-corrected chi connectivity index (χ0v) is 10.5. The summed E-state index contributed by atoms with van der Waals surface area (Å²) in [5, 5.41) is 10.8. The Kier molecular flexibility index (Phi) is 5.28. The van der Waals surface area contributed by atoms with Crippen molar-refractivity contribution in [3.05, 3.63) is 57.9 Å². The molecule has 0 aliphatic rings. The summed E-state index contributed by atoms with van der Waals surface area (Å²) in [4.78, 5) is 21.5. The molecule has 0 N–H and O–H groups in total. The fraction of sp³-hybridized carbons (Fsp3) is 0.154. The van der Waals surface area contributed by atoms with Crippen molar-refractivity contribution < 1.29 is 19.2 Å². The first-order chi connectivity index (χ1) is 9.10. The maximum atomic E-state index is 11.2. The Morgan fingerprint density at radius 3 is 2.53 bits per heavy atom. The molecule has 0 spiro atoms. The van der Waals surface area contributed by atoms with E-state index in [1.54, 1.807) is 18.2 Å². The minimum atomic E-state index is -0.616. The molecule has 0 radical (unpaired) electrons. The van der Waals surface area contributed by atoms with E-state index in [0.29, 0.717) is 5.56 Å². The zero-order chi connectivity index (χ0) is 14.3. The van der Waals surface area contributed by atoms with E-state index in [0.717, 1.165) is 0 Å². The van der Waals surface area contributed by atoms with Crippen LogP contribution in [0.2, 0.25) is 0 Å². The normalized spacial score (nSPS) is 11.4. The van der Waals surface area contributed by atoms with Crippen molar-refractivity contribution in [2.45, 2.75) is 0 Å². The maximum Gasteiger partial charge on any atom is 0.373 e. The standard InChI is InChI=1S/C13H13NO5/c1-18-12(13(15)19-2)9-5-7-10-6-3-4-8-11(10)14(16)17/h3-9H,1-2H3/b7-5+,12-9-. The molecule has 1 rings (SSSR count). The minimum Gasteiger partial charge on any atom is -0.490 e. The average Bonchev–Trinajstić information content (AvgIpc) is 2.43. The largest absolute Gasteiger partial charge is 0.490 e. The summed E-state index contributed by atoms with van der Waals surface area (Å²) in [7, 11) is 2.57. The lowest BCUT2D eigenvalue weighted by atomic mass is 10.1. The summed E-state index contributed by atoms with van der Waals surface area (Å²) in [6.07, 6.45) is 4.38. The molecular formula is C13H13NO5. The predicted octanol–water partition coefficient (Wildman–Crippen LogP) is 2.31. The molecule has 0 unspecified atom stereocenters. The molecule has 0 aromatic heterocycles. The van der Waals surface area contributed by atoms with Crippen LogP contribution >= 0.6 is 0 Å². The second-order valence-electron chi connectivity index (χ2n) is 3.40. The second-order valence-corrected chi connectivity index (χ2v) is 3.40. The first-order valence-corrected chi connectivity index (χ1v) is 5.34. The molecule has 0 aliphatic heterocycles. The SMILES string of the molecule is COC(=O)/C(=C/C=C/c1ccccc1[N+](=O)[O-])OC. The number of para-hydroxylation sites is 1. The molecule has 6 nitrogen and oxygen atoms in total. The molecule has 0 bridgehead atoms. The first-order valence-electron chi connectivity index (χ1n) is 5.34. The Morgan fingerprint density at radius 1 is 1.26 bits per heavy atom. The third-order valence-corrected chi connectivity index (χ3v) is 2.26. The van der Waals surface area contributed by atoms with E-state index in [9.17, 15) is 14.9 Å². The van der Waals surface area contributed by atoms with Crippen molar-refractivity contribution in [3.63, 3.8) is 0 Å². The molecule has 0 fully saturated rings. The summed E-state index contributed by atoms with van der Waals surface area (Å²) >= 11 is 0. The predicted molar refractivity (Wildman–Crippen MR) is 69.2 cm³/mol. The van der Waals surface area contributed by atoms with Crippen LogP contribution in [0.1, 0.15) is 5.56 Å². The van der Waals surface area contributed by atoms with E-state index in [-0.39, 0.29) is 11.4 Å². The van der Waals surface area contributed by atoms with E-state index in [2.05, 4.69) is 4.74 Å². The van der Waals surface area contributed by atoms with Gasteiger partial charge in [0.1, 0.15) is 0 Å². The van der Waals surface area contributed by atoms with E-state index in [1.165, 1.54) is 38.5 Å². The Balaban J connectivity index is 2.96. The Hall–Kier alpha value is -2.63. The Bertz CT molecular complexity index is 534. The highest BCUT2D eigenvalue weighted by Crippen LogP contribution is 2.19. The Morgan fingerprint density at radius 2 is 1.95 bits per heavy atom. The third kappa shape index (κ3) is 3.95. The van der Waals surface area contributed by atoms with Crippen LogP contribution in [0.25, 0.3) is 6.08 Å². The van der Waals surface area contributed by atoms with Crippen molar-refractivity contribution in [3.8, 4) is 0 Å². The van der Waals surface area contributed by atoms with E-state index < -0.39 is 10.9 Å². The van der Waals surface area contributed by atoms with Crippen molar-refractivity contribution in [1.29, 1.82) is 0 Å². The average molecular weight is 263 g/mol. The van der Waals surface area contributed by atoms with Crippen molar-refractivity contribution in [2.75, 3.05) is 14.2 Å². The number of carbonyl (C=O) groups is 1. The topological polar surface area (TPSA) is 78.7 Å². The minimum absolute atomic E-state index is 0.0100. The van der Waals surface area contributed by atoms with Gasteiger partial charge in [0.2, 0.25) is 5.76 Å². The molecule has 19 heavy (non-hydrogen) atoms. The van der Waals surface area contributed by atoms with Gasteiger partial charge in [0, 0.05) is 6.07 Å². The first kappa shape index (κ1) is 14.4. The summed E-state index contributed by atoms with van der Waals surface area (Å²) in [5.41, 5.74) is 0.424. The highest BCUT2D eigenvalue weighted by molar-refractivity contribution is 5.86. The van der Waals surface area contributed by atoms with Crippen molar-refractivity contribution in [2.24, 2.45) is 0 Å². The van der Waals surface area contributed by atoms with Crippen LogP contribution in [0, 0.1) is 10.1 Å². The number of hydrogen-bond acceptors (Lipinski definition) is 5. The zero-order valence-electron chi connectivity index (χ0n) is 10.5. The van der Waals surface area contributed by atoms with E-state index in [1.807, 2.05) is 0 Å². The lowest BCUT2D eigenvalue weighted by molar-refractivity contribution is -0.385. The summed E-state index contributed by atoms with van der Waals surface area (Å²) in [6, 6.07) is 6.28. The van der Waals surface area contributed by atoms with Crippen LogP contribution in [0.5, 0.6) is 0 Å². The van der Waals surface area contributed by atoms with E-state index in [4.69, 9.17) is 4.74 Å². The number of methoxy groups -OCH3 is 2. The lowest BCUT2D eigenvalue weighted by Gasteiger charge is -2.01. The van der Waals surface area contributed by atoms with Gasteiger partial charge < -0.3 is 9.47 Å². The number of nitro benzene ring substituents is 1. The van der Waals surface area contributed by atoms with Crippen molar-refractivity contribution >= 4 is 17.7 Å². The number of carbonyl (C=O) groups excluding carboxylic acids is 1. The molecule has 0 atom stereocenters. The van der Waals surface area contributed by atoms with Gasteiger partial charge >= 0.3 is 5.97 Å². The van der Waals surface area contributed by atoms with Crippen LogP contribution in [0.4, 0.5) is 5.69 Å². The molecule has 1 aromatic rings. The lowest BCUT2D eigenvalue weighted by Crippen LogP contribution is -2.05. The number of benzene rings is 1. The molecule has 0 saturated heterocycles. The monoisotopic (exact) mass is 263 g/mol. The quantitative estimate of drug-likeness (QED) is 0.203. The van der Waals surface area contributed by atoms with Gasteiger partial charge in [-0.3, -0.25) is 10.1 Å². The molecule has 100 valence electrons. The number of nitro groups is 1. The molecule has 0 aliphatic carbocycles. The number of nitrogens with zero attached hydrogens (tertiary/aromatic N) is 1. The highest BCUT2D eigenvalue weighted by Gasteiger charge is 2.10. The van der Waals surface area contributed by atoms with Crippen LogP contribution in [-0.2, 0) is 14.3 Å². The van der Waals surface area contributed by atoms with Crippen LogP contribution in [0.3, 0.4) is 0 Å². The molecular weight excluding hydrogens is 250 g/mol. The second kappa shape index (κ2) is 6.95. The van der Waals surface area contributed by atoms with Gasteiger partial charge in [0.25, 0.3) is 5.69 Å². The molecule has 0 saturated carbocycles.